The average molecular weight is 1210 g/mol. The summed E-state index contributed by atoms with van der Waals surface area (Å²) < 4.78 is 80.6. The average Bonchev–Trinajstić information content (AvgIpc) is 3.26. The number of aromatic nitrogens is 2. The third-order valence-corrected chi connectivity index (χ3v) is 15.3. The van der Waals surface area contributed by atoms with E-state index in [0.29, 0.717) is 37.4 Å². The molecule has 4 unspecified atom stereocenters. The van der Waals surface area contributed by atoms with Crippen molar-refractivity contribution in [1.82, 2.24) is 30.8 Å². The maximum atomic E-state index is 16.4. The smallest absolute Gasteiger partial charge is 0.251 e. The van der Waals surface area contributed by atoms with Crippen molar-refractivity contribution in [3.05, 3.63) is 134 Å². The van der Waals surface area contributed by atoms with Gasteiger partial charge in [0.05, 0.1) is 66.9 Å². The van der Waals surface area contributed by atoms with Crippen molar-refractivity contribution >= 4 is 80.9 Å². The van der Waals surface area contributed by atoms with Crippen molar-refractivity contribution in [3.8, 4) is 28.7 Å². The summed E-state index contributed by atoms with van der Waals surface area (Å²) in [6, 6.07) is 17.8. The number of aromatic hydroxyl groups is 1. The van der Waals surface area contributed by atoms with Crippen LogP contribution in [0.5, 0.6) is 11.5 Å². The van der Waals surface area contributed by atoms with Crippen LogP contribution in [-0.2, 0) is 24.5 Å². The number of rotatable bonds is 22. The summed E-state index contributed by atoms with van der Waals surface area (Å²) in [5.74, 6) is -6.04. The lowest BCUT2D eigenvalue weighted by atomic mass is 9.62. The molecule has 2 saturated heterocycles. The van der Waals surface area contributed by atoms with E-state index in [9.17, 15) is 29.1 Å². The van der Waals surface area contributed by atoms with Gasteiger partial charge in [-0.3, -0.25) is 14.4 Å². The van der Waals surface area contributed by atoms with Crippen LogP contribution in [0.25, 0.3) is 22.0 Å². The molecule has 24 heteroatoms. The summed E-state index contributed by atoms with van der Waals surface area (Å²) in [4.78, 5) is 53.5. The summed E-state index contributed by atoms with van der Waals surface area (Å²) in [5.41, 5.74) is -2.93. The maximum Gasteiger partial charge on any atom is 0.251 e. The van der Waals surface area contributed by atoms with Gasteiger partial charge in [-0.1, -0.05) is 79.8 Å². The molecule has 4 atom stereocenters. The van der Waals surface area contributed by atoms with E-state index in [1.807, 2.05) is 25.7 Å². The molecular formula is C59H63Cl3F4N10O7. The topological polar surface area (TPSA) is 215 Å². The minimum Gasteiger partial charge on any atom is -0.507 e. The number of methoxy groups -OCH3 is 1. The van der Waals surface area contributed by atoms with Crippen LogP contribution in [0.2, 0.25) is 15.1 Å². The van der Waals surface area contributed by atoms with Crippen molar-refractivity contribution in [2.24, 2.45) is 5.41 Å². The monoisotopic (exact) mass is 1200 g/mol. The highest BCUT2D eigenvalue weighted by Gasteiger charge is 2.61. The van der Waals surface area contributed by atoms with E-state index in [2.05, 4.69) is 42.6 Å². The normalized spacial score (nSPS) is 18.0. The Hall–Kier alpha value is -7.03. The highest BCUT2D eigenvalue weighted by Crippen LogP contribution is 2.53. The van der Waals surface area contributed by atoms with Crippen LogP contribution in [0.3, 0.4) is 0 Å². The second-order valence-electron chi connectivity index (χ2n) is 21.2. The van der Waals surface area contributed by atoms with Gasteiger partial charge in [0, 0.05) is 98.3 Å². The number of phenols is 1. The lowest BCUT2D eigenvalue weighted by molar-refractivity contribution is -0.130. The van der Waals surface area contributed by atoms with Crippen LogP contribution in [-0.4, -0.2) is 136 Å². The number of nitrogens with one attached hydrogen (secondary N) is 5. The van der Waals surface area contributed by atoms with E-state index in [0.717, 1.165) is 12.1 Å². The number of phenolic OH excluding ortho intramolecular Hbond substituents is 1. The Balaban J connectivity index is 0.805. The first-order valence-corrected chi connectivity index (χ1v) is 27.9. The third kappa shape index (κ3) is 14.0. The summed E-state index contributed by atoms with van der Waals surface area (Å²) in [6.07, 6.45) is 0.308. The number of halogens is 7. The molecule has 17 nitrogen and oxygen atoms in total. The lowest BCUT2D eigenvalue weighted by Gasteiger charge is -2.37. The molecule has 6 N–H and O–H groups in total. The summed E-state index contributed by atoms with van der Waals surface area (Å²) in [7, 11) is 2.99. The van der Waals surface area contributed by atoms with Crippen LogP contribution >= 0.6 is 34.8 Å². The Morgan fingerprint density at radius 1 is 0.880 bits per heavy atom. The Morgan fingerprint density at radius 3 is 2.31 bits per heavy atom. The predicted octanol–water partition coefficient (Wildman–Crippen LogP) is 9.62. The minimum absolute atomic E-state index is 0.0354. The molecule has 0 spiro atoms. The van der Waals surface area contributed by atoms with Crippen LogP contribution in [0.4, 0.5) is 35.0 Å². The molecule has 5 aromatic carbocycles. The molecule has 8 rings (SSSR count). The molecule has 83 heavy (non-hydrogen) atoms. The SMILES string of the molecule is COc1cc(C(=O)NCCOCCOCCN(C)C(=O)CCNc2nc(N3CCNCC3)c3cc(Cl)c(-c4c(O)cccc4F)c(F)c3n2)ccc1NC(=O)C1NC(CC(C)(C)C)C(C#N)(c2ccc(Cl)cc2F)C1c1cccc(Cl)c1F. The zero-order chi connectivity index (χ0) is 59.8. The van der Waals surface area contributed by atoms with E-state index in [1.54, 1.807) is 7.05 Å². The second-order valence-corrected chi connectivity index (χ2v) is 22.5. The summed E-state index contributed by atoms with van der Waals surface area (Å²) >= 11 is 19.0. The quantitative estimate of drug-likeness (QED) is 0.0276. The molecule has 0 aliphatic carbocycles. The number of nitriles is 1. The van der Waals surface area contributed by atoms with E-state index in [4.69, 9.17) is 49.0 Å². The number of amides is 3. The van der Waals surface area contributed by atoms with Crippen LogP contribution in [0, 0.1) is 40.0 Å². The number of carbonyl (C=O) groups is 3. The Labute approximate surface area is 492 Å². The van der Waals surface area contributed by atoms with Gasteiger partial charge in [-0.15, -0.1) is 0 Å². The molecule has 6 aromatic rings. The molecule has 1 aromatic heterocycles. The first kappa shape index (κ1) is 62.0. The Kier molecular flexibility index (Phi) is 20.3. The number of hydrogen-bond acceptors (Lipinski definition) is 14. The highest BCUT2D eigenvalue weighted by atomic mass is 35.5. The number of hydrogen-bond donors (Lipinski definition) is 6. The van der Waals surface area contributed by atoms with Crippen molar-refractivity contribution in [2.45, 2.75) is 57.0 Å². The number of benzene rings is 5. The molecule has 2 fully saturated rings. The largest absolute Gasteiger partial charge is 0.507 e. The zero-order valence-electron chi connectivity index (χ0n) is 46.2. The third-order valence-electron chi connectivity index (χ3n) is 14.5. The van der Waals surface area contributed by atoms with Crippen molar-refractivity contribution in [1.29, 1.82) is 5.26 Å². The number of likely N-dealkylation sites (N-methyl/N-ethyl adjacent to an activating group) is 1. The van der Waals surface area contributed by atoms with Gasteiger partial charge >= 0.3 is 0 Å². The van der Waals surface area contributed by atoms with Gasteiger partial charge < -0.3 is 55.7 Å². The number of ether oxygens (including phenoxy) is 3. The number of nitrogens with zero attached hydrogens (tertiary/aromatic N) is 5. The van der Waals surface area contributed by atoms with Crippen LogP contribution < -0.4 is 36.2 Å². The molecule has 3 amide bonds. The van der Waals surface area contributed by atoms with Gasteiger partial charge in [0.25, 0.3) is 5.91 Å². The molecule has 3 heterocycles. The van der Waals surface area contributed by atoms with E-state index >= 15 is 13.2 Å². The Morgan fingerprint density at radius 2 is 1.61 bits per heavy atom. The molecule has 0 saturated carbocycles. The lowest BCUT2D eigenvalue weighted by Crippen LogP contribution is -2.45. The minimum atomic E-state index is -1.84. The highest BCUT2D eigenvalue weighted by molar-refractivity contribution is 6.34. The number of anilines is 3. The fourth-order valence-corrected chi connectivity index (χ4v) is 11.2. The maximum absolute atomic E-state index is 16.4. The van der Waals surface area contributed by atoms with Crippen LogP contribution in [0.1, 0.15) is 61.0 Å². The summed E-state index contributed by atoms with van der Waals surface area (Å²) in [6.45, 7) is 9.48. The van der Waals surface area contributed by atoms with Gasteiger partial charge in [0.15, 0.2) is 5.82 Å². The van der Waals surface area contributed by atoms with Crippen molar-refractivity contribution in [2.75, 3.05) is 102 Å². The van der Waals surface area contributed by atoms with Gasteiger partial charge in [0.1, 0.15) is 45.7 Å². The molecule has 440 valence electrons. The fourth-order valence-electron chi connectivity index (χ4n) is 10.5. The van der Waals surface area contributed by atoms with Gasteiger partial charge in [-0.2, -0.15) is 10.2 Å². The van der Waals surface area contributed by atoms with Gasteiger partial charge in [-0.25, -0.2) is 22.5 Å². The van der Waals surface area contributed by atoms with E-state index in [1.165, 1.54) is 78.7 Å². The second kappa shape index (κ2) is 27.1. The van der Waals surface area contributed by atoms with Gasteiger partial charge in [-0.05, 0) is 72.0 Å². The number of piperazine rings is 1. The Bertz CT molecular complexity index is 3400. The fraction of sp³-hybridized carbons (Fsp3) is 0.390. The first-order valence-electron chi connectivity index (χ1n) is 26.8. The molecule has 0 radical (unpaired) electrons. The molecule has 0 bridgehead atoms. The van der Waals surface area contributed by atoms with E-state index in [-0.39, 0.29) is 125 Å². The first-order chi connectivity index (χ1) is 39.7. The summed E-state index contributed by atoms with van der Waals surface area (Å²) in [5, 5.41) is 36.9. The molecule has 2 aliphatic rings. The molecule has 2 aliphatic heterocycles. The molecular weight excluding hydrogens is 1140 g/mol. The zero-order valence-corrected chi connectivity index (χ0v) is 48.5. The van der Waals surface area contributed by atoms with Crippen molar-refractivity contribution < 1.29 is 51.3 Å². The van der Waals surface area contributed by atoms with Gasteiger partial charge in [0.2, 0.25) is 17.8 Å². The van der Waals surface area contributed by atoms with E-state index < -0.39 is 75.2 Å². The number of carbonyl (C=O) groups excluding carboxylic acids is 3. The van der Waals surface area contributed by atoms with Crippen molar-refractivity contribution in [3.63, 3.8) is 0 Å². The predicted molar refractivity (Wildman–Crippen MR) is 311 cm³/mol. The van der Waals surface area contributed by atoms with Crippen LogP contribution in [0.15, 0.2) is 78.9 Å². The number of fused-ring (bicyclic) bond motifs is 1. The standard InChI is InChI=1S/C59H63Cl3F4N10O7/c1-58(2,3)31-45-59(32-67,37-14-13-34(60)29-41(37)64)49(35-8-6-9-38(61)50(35)65)53(72-45)56(80)71-42-15-12-33(28-44(42)81-5)55(79)69-20-24-82-26-27-83-25-23-75(4)46(78)16-17-70-57-73-52-36(54(74-57)76-21-18-68-19-22-76)30-39(62)47(51(52)66)48-40(63)10-7-11-43(48)77/h6-15,28-30,45,49,53,68,72,77H,16-27,31H2,1-5H3,(H,69,79)(H,71,80)(H,70,73,74).